The summed E-state index contributed by atoms with van der Waals surface area (Å²) < 4.78 is 21.2. The summed E-state index contributed by atoms with van der Waals surface area (Å²) in [5, 5.41) is 0. The van der Waals surface area contributed by atoms with Crippen molar-refractivity contribution < 1.29 is 18.6 Å². The maximum atomic E-state index is 11.6. The molecule has 0 fully saturated rings. The second-order valence-electron chi connectivity index (χ2n) is 3.06. The Hall–Kier alpha value is 0.0100. The first kappa shape index (κ1) is 15.0. The normalized spacial score (nSPS) is 14.6. The molecule has 15 heavy (non-hydrogen) atoms. The molecule has 0 N–H and O–H groups in total. The van der Waals surface area contributed by atoms with Crippen molar-refractivity contribution >= 4 is 23.9 Å². The van der Waals surface area contributed by atoms with Gasteiger partial charge < -0.3 is 9.26 Å². The Balaban J connectivity index is 3.46. The summed E-state index contributed by atoms with van der Waals surface area (Å²) in [5.74, 6) is 0.564. The van der Waals surface area contributed by atoms with E-state index in [4.69, 9.17) is 4.52 Å². The Kier molecular flexibility index (Phi) is 8.20. The summed E-state index contributed by atoms with van der Waals surface area (Å²) in [7, 11) is 1.38. The summed E-state index contributed by atoms with van der Waals surface area (Å²) in [5.41, 5.74) is 0. The van der Waals surface area contributed by atoms with Gasteiger partial charge in [-0.15, -0.1) is 0 Å². The van der Waals surface area contributed by atoms with E-state index in [1.54, 1.807) is 6.66 Å². The second kappa shape index (κ2) is 8.20. The van der Waals surface area contributed by atoms with Crippen LogP contribution in [0.25, 0.3) is 0 Å². The molecule has 0 radical (unpaired) electrons. The van der Waals surface area contributed by atoms with Gasteiger partial charge in [0.25, 0.3) is 6.57 Å². The third kappa shape index (κ3) is 8.97. The van der Waals surface area contributed by atoms with Crippen molar-refractivity contribution in [3.8, 4) is 0 Å². The number of carbonyl (C=O) groups is 1. The van der Waals surface area contributed by atoms with Crippen LogP contribution in [0.2, 0.25) is 0 Å². The van der Waals surface area contributed by atoms with Gasteiger partial charge in [-0.1, -0.05) is 11.4 Å². The molecule has 0 aromatic carbocycles. The second-order valence-corrected chi connectivity index (χ2v) is 8.29. The van der Waals surface area contributed by atoms with E-state index in [2.05, 4.69) is 4.74 Å². The van der Waals surface area contributed by atoms with E-state index in [9.17, 15) is 9.36 Å². The zero-order valence-corrected chi connectivity index (χ0v) is 11.2. The highest BCUT2D eigenvalue weighted by Gasteiger charge is 2.14. The molecule has 90 valence electrons. The first-order valence-electron chi connectivity index (χ1n) is 4.95. The highest BCUT2D eigenvalue weighted by molar-refractivity contribution is 8.56. The van der Waals surface area contributed by atoms with E-state index in [1.165, 1.54) is 18.5 Å². The fraction of sp³-hybridized carbons (Fsp3) is 0.889. The molecule has 0 aromatic heterocycles. The minimum Gasteiger partial charge on any atom is -0.469 e. The molecule has 0 aliphatic carbocycles. The predicted molar refractivity (Wildman–Crippen MR) is 63.5 cm³/mol. The number of hydrogen-bond donors (Lipinski definition) is 0. The third-order valence-electron chi connectivity index (χ3n) is 1.69. The highest BCUT2D eigenvalue weighted by Crippen LogP contribution is 2.56. The summed E-state index contributed by atoms with van der Waals surface area (Å²) in [6.07, 6.45) is 2.05. The Morgan fingerprint density at radius 1 is 1.40 bits per heavy atom. The van der Waals surface area contributed by atoms with Gasteiger partial charge >= 0.3 is 5.97 Å². The van der Waals surface area contributed by atoms with Crippen molar-refractivity contribution in [1.29, 1.82) is 0 Å². The minimum atomic E-state index is -2.46. The van der Waals surface area contributed by atoms with Gasteiger partial charge in [-0.3, -0.25) is 9.36 Å². The molecule has 4 nitrogen and oxygen atoms in total. The molecular formula is C9H19O4PS. The van der Waals surface area contributed by atoms with E-state index < -0.39 is 6.57 Å². The summed E-state index contributed by atoms with van der Waals surface area (Å²) in [4.78, 5) is 10.8. The van der Waals surface area contributed by atoms with Crippen LogP contribution in [0.3, 0.4) is 0 Å². The fourth-order valence-electron chi connectivity index (χ4n) is 0.976. The fourth-order valence-corrected chi connectivity index (χ4v) is 4.11. The van der Waals surface area contributed by atoms with Gasteiger partial charge in [0.1, 0.15) is 0 Å². The number of ether oxygens (including phenoxy) is 1. The van der Waals surface area contributed by atoms with E-state index >= 15 is 0 Å². The average Bonchev–Trinajstić information content (AvgIpc) is 2.16. The van der Waals surface area contributed by atoms with Gasteiger partial charge in [0, 0.05) is 18.8 Å². The molecule has 1 unspecified atom stereocenters. The Morgan fingerprint density at radius 3 is 2.60 bits per heavy atom. The monoisotopic (exact) mass is 254 g/mol. The molecule has 0 heterocycles. The van der Waals surface area contributed by atoms with Crippen LogP contribution < -0.4 is 0 Å². The summed E-state index contributed by atoms with van der Waals surface area (Å²) in [6, 6.07) is 0. The maximum Gasteiger partial charge on any atom is 0.305 e. The maximum absolute atomic E-state index is 11.6. The molecule has 0 rings (SSSR count). The topological polar surface area (TPSA) is 52.6 Å². The van der Waals surface area contributed by atoms with Crippen molar-refractivity contribution in [2.75, 3.05) is 26.1 Å². The van der Waals surface area contributed by atoms with Crippen LogP contribution in [-0.2, 0) is 18.6 Å². The van der Waals surface area contributed by atoms with Gasteiger partial charge in [0.05, 0.1) is 13.7 Å². The SMILES string of the molecule is CCOP(C)(=O)SCCCCC(=O)OC. The average molecular weight is 254 g/mol. The lowest BCUT2D eigenvalue weighted by molar-refractivity contribution is -0.140. The molecule has 6 heteroatoms. The largest absolute Gasteiger partial charge is 0.469 e. The predicted octanol–water partition coefficient (Wildman–Crippen LogP) is 2.92. The number of hydrogen-bond acceptors (Lipinski definition) is 5. The van der Waals surface area contributed by atoms with Crippen LogP contribution in [-0.4, -0.2) is 32.1 Å². The smallest absolute Gasteiger partial charge is 0.305 e. The van der Waals surface area contributed by atoms with Crippen molar-refractivity contribution in [3.05, 3.63) is 0 Å². The van der Waals surface area contributed by atoms with Crippen molar-refractivity contribution in [3.63, 3.8) is 0 Å². The zero-order chi connectivity index (χ0) is 11.7. The summed E-state index contributed by atoms with van der Waals surface area (Å²) in [6.45, 7) is 1.47. The van der Waals surface area contributed by atoms with Gasteiger partial charge in [0.15, 0.2) is 0 Å². The van der Waals surface area contributed by atoms with Crippen LogP contribution in [0.5, 0.6) is 0 Å². The lowest BCUT2D eigenvalue weighted by Crippen LogP contribution is -1.99. The first-order valence-corrected chi connectivity index (χ1v) is 8.61. The van der Waals surface area contributed by atoms with E-state index in [-0.39, 0.29) is 5.97 Å². The number of rotatable bonds is 8. The molecular weight excluding hydrogens is 235 g/mol. The van der Waals surface area contributed by atoms with Crippen molar-refractivity contribution in [2.45, 2.75) is 26.2 Å². The molecule has 0 aliphatic heterocycles. The quantitative estimate of drug-likeness (QED) is 0.378. The first-order chi connectivity index (χ1) is 7.02. The van der Waals surface area contributed by atoms with Crippen LogP contribution >= 0.6 is 18.0 Å². The van der Waals surface area contributed by atoms with Gasteiger partial charge in [-0.2, -0.15) is 0 Å². The minimum absolute atomic E-state index is 0.190. The Labute approximate surface area is 95.3 Å². The van der Waals surface area contributed by atoms with Gasteiger partial charge in [0.2, 0.25) is 0 Å². The van der Waals surface area contributed by atoms with E-state index in [0.717, 1.165) is 18.6 Å². The standard InChI is InChI=1S/C9H19O4PS/c1-4-13-14(3,11)15-8-6-5-7-9(10)12-2/h4-8H2,1-3H3. The zero-order valence-electron chi connectivity index (χ0n) is 9.52. The van der Waals surface area contributed by atoms with Crippen LogP contribution in [0, 0.1) is 0 Å². The lowest BCUT2D eigenvalue weighted by atomic mass is 10.2. The van der Waals surface area contributed by atoms with Crippen LogP contribution in [0.4, 0.5) is 0 Å². The lowest BCUT2D eigenvalue weighted by Gasteiger charge is -2.10. The summed E-state index contributed by atoms with van der Waals surface area (Å²) >= 11 is 1.34. The molecule has 0 aliphatic rings. The molecule has 0 bridgehead atoms. The number of unbranched alkanes of at least 4 members (excludes halogenated alkanes) is 1. The van der Waals surface area contributed by atoms with Crippen molar-refractivity contribution in [2.24, 2.45) is 0 Å². The third-order valence-corrected chi connectivity index (χ3v) is 5.63. The number of esters is 1. The number of carbonyl (C=O) groups excluding carboxylic acids is 1. The Morgan fingerprint density at radius 2 is 2.07 bits per heavy atom. The van der Waals surface area contributed by atoms with Crippen LogP contribution in [0.15, 0.2) is 0 Å². The highest BCUT2D eigenvalue weighted by atomic mass is 32.7. The van der Waals surface area contributed by atoms with E-state index in [1.807, 2.05) is 6.92 Å². The molecule has 0 spiro atoms. The molecule has 0 saturated carbocycles. The molecule has 0 saturated heterocycles. The molecule has 0 aromatic rings. The van der Waals surface area contributed by atoms with Crippen LogP contribution in [0.1, 0.15) is 26.2 Å². The van der Waals surface area contributed by atoms with E-state index in [0.29, 0.717) is 13.0 Å². The molecule has 1 atom stereocenters. The molecule has 0 amide bonds. The number of methoxy groups -OCH3 is 1. The van der Waals surface area contributed by atoms with Gasteiger partial charge in [-0.05, 0) is 19.8 Å². The van der Waals surface area contributed by atoms with Crippen molar-refractivity contribution in [1.82, 2.24) is 0 Å². The van der Waals surface area contributed by atoms with Gasteiger partial charge in [-0.25, -0.2) is 0 Å². The Bertz CT molecular complexity index is 232.